The maximum absolute atomic E-state index is 13.0. The highest BCUT2D eigenvalue weighted by Crippen LogP contribution is 2.35. The van der Waals surface area contributed by atoms with Crippen molar-refractivity contribution in [2.24, 2.45) is 0 Å². The van der Waals surface area contributed by atoms with Crippen LogP contribution < -0.4 is 4.74 Å². The lowest BCUT2D eigenvalue weighted by Gasteiger charge is -2.29. The molecule has 0 saturated carbocycles. The molecule has 2 aromatic carbocycles. The van der Waals surface area contributed by atoms with Crippen molar-refractivity contribution >= 4 is 22.3 Å². The standard InChI is InChI=1S/C24H24N2O2/c1-28-20-6-2-4-17(13-20)24(27)18-7-8-23-21(14-18)22(15-25-23)16-9-11-26-10-3-5-19(26)12-16/h2,4,6-9,13-15,19,25H,3,5,10-12H2,1H3. The average Bonchev–Trinajstić information content (AvgIpc) is 3.38. The van der Waals surface area contributed by atoms with Crippen molar-refractivity contribution in [3.63, 3.8) is 0 Å². The number of H-pyrrole nitrogens is 1. The molecule has 0 aliphatic carbocycles. The number of carbonyl (C=O) groups is 1. The molecule has 5 rings (SSSR count). The van der Waals surface area contributed by atoms with E-state index in [1.165, 1.54) is 30.5 Å². The molecule has 142 valence electrons. The number of ketones is 1. The summed E-state index contributed by atoms with van der Waals surface area (Å²) in [7, 11) is 1.62. The van der Waals surface area contributed by atoms with Gasteiger partial charge in [0.2, 0.25) is 0 Å². The highest BCUT2D eigenvalue weighted by atomic mass is 16.5. The normalized spacial score (nSPS) is 19.5. The Balaban J connectivity index is 1.51. The minimum atomic E-state index is 0.0209. The van der Waals surface area contributed by atoms with E-state index in [9.17, 15) is 4.79 Å². The van der Waals surface area contributed by atoms with Crippen molar-refractivity contribution in [3.05, 3.63) is 71.4 Å². The van der Waals surface area contributed by atoms with Crippen LogP contribution in [0.25, 0.3) is 16.5 Å². The third-order valence-electron chi connectivity index (χ3n) is 6.15. The molecule has 2 aliphatic heterocycles. The number of hydrogen-bond donors (Lipinski definition) is 1. The molecule has 2 aliphatic rings. The summed E-state index contributed by atoms with van der Waals surface area (Å²) in [6.45, 7) is 2.26. The number of methoxy groups -OCH3 is 1. The maximum Gasteiger partial charge on any atom is 0.193 e. The van der Waals surface area contributed by atoms with Gasteiger partial charge in [-0.3, -0.25) is 9.69 Å². The molecule has 1 atom stereocenters. The lowest BCUT2D eigenvalue weighted by molar-refractivity contribution is 0.103. The van der Waals surface area contributed by atoms with Gasteiger partial charge in [-0.15, -0.1) is 0 Å². The van der Waals surface area contributed by atoms with Gasteiger partial charge < -0.3 is 9.72 Å². The quantitative estimate of drug-likeness (QED) is 0.678. The largest absolute Gasteiger partial charge is 0.497 e. The fourth-order valence-corrected chi connectivity index (χ4v) is 4.61. The SMILES string of the molecule is COc1cccc(C(=O)c2ccc3[nH]cc(C4=CCN5CCCC5C4)c3c2)c1. The molecule has 3 aromatic rings. The van der Waals surface area contributed by atoms with E-state index in [4.69, 9.17) is 4.74 Å². The van der Waals surface area contributed by atoms with Crippen LogP contribution in [0.5, 0.6) is 5.75 Å². The fraction of sp³-hybridized carbons (Fsp3) is 0.292. The van der Waals surface area contributed by atoms with E-state index < -0.39 is 0 Å². The molecule has 4 heteroatoms. The smallest absolute Gasteiger partial charge is 0.193 e. The van der Waals surface area contributed by atoms with Crippen LogP contribution in [-0.4, -0.2) is 41.9 Å². The molecule has 0 amide bonds. The number of aromatic amines is 1. The lowest BCUT2D eigenvalue weighted by Crippen LogP contribution is -2.32. The lowest BCUT2D eigenvalue weighted by atomic mass is 9.93. The third-order valence-corrected chi connectivity index (χ3v) is 6.15. The van der Waals surface area contributed by atoms with Gasteiger partial charge in [0.05, 0.1) is 7.11 Å². The highest BCUT2D eigenvalue weighted by Gasteiger charge is 2.28. The first-order valence-electron chi connectivity index (χ1n) is 9.96. The number of ether oxygens (including phenoxy) is 1. The van der Waals surface area contributed by atoms with E-state index in [0.717, 1.165) is 23.9 Å². The summed E-state index contributed by atoms with van der Waals surface area (Å²) in [5, 5.41) is 1.13. The summed E-state index contributed by atoms with van der Waals surface area (Å²) in [5.41, 5.74) is 5.07. The number of aromatic nitrogens is 1. The first-order chi connectivity index (χ1) is 13.7. The highest BCUT2D eigenvalue weighted by molar-refractivity contribution is 6.11. The molecular formula is C24H24N2O2. The van der Waals surface area contributed by atoms with Crippen LogP contribution in [0.1, 0.15) is 40.7 Å². The van der Waals surface area contributed by atoms with Crippen molar-refractivity contribution in [1.82, 2.24) is 9.88 Å². The van der Waals surface area contributed by atoms with Crippen molar-refractivity contribution in [1.29, 1.82) is 0 Å². The van der Waals surface area contributed by atoms with E-state index in [1.54, 1.807) is 13.2 Å². The zero-order valence-electron chi connectivity index (χ0n) is 16.1. The number of hydrogen-bond acceptors (Lipinski definition) is 3. The number of fused-ring (bicyclic) bond motifs is 2. The first-order valence-corrected chi connectivity index (χ1v) is 9.96. The first kappa shape index (κ1) is 17.3. The van der Waals surface area contributed by atoms with Crippen molar-refractivity contribution in [2.45, 2.75) is 25.3 Å². The Kier molecular flexibility index (Phi) is 4.29. The van der Waals surface area contributed by atoms with Crippen molar-refractivity contribution < 1.29 is 9.53 Å². The summed E-state index contributed by atoms with van der Waals surface area (Å²) >= 11 is 0. The second-order valence-electron chi connectivity index (χ2n) is 7.75. The van der Waals surface area contributed by atoms with Crippen molar-refractivity contribution in [3.8, 4) is 5.75 Å². The number of carbonyl (C=O) groups excluding carboxylic acids is 1. The summed E-state index contributed by atoms with van der Waals surface area (Å²) in [6.07, 6.45) is 8.15. The van der Waals surface area contributed by atoms with E-state index in [1.807, 2.05) is 36.4 Å². The molecule has 1 aromatic heterocycles. The minimum Gasteiger partial charge on any atom is -0.497 e. The van der Waals surface area contributed by atoms with Gasteiger partial charge in [-0.2, -0.15) is 0 Å². The zero-order valence-corrected chi connectivity index (χ0v) is 16.1. The van der Waals surface area contributed by atoms with Crippen LogP contribution in [-0.2, 0) is 0 Å². The Morgan fingerprint density at radius 3 is 2.96 bits per heavy atom. The minimum absolute atomic E-state index is 0.0209. The number of nitrogens with zero attached hydrogens (tertiary/aromatic N) is 1. The summed E-state index contributed by atoms with van der Waals surface area (Å²) in [6, 6.07) is 14.0. The summed E-state index contributed by atoms with van der Waals surface area (Å²) in [4.78, 5) is 19.0. The molecule has 1 saturated heterocycles. The third kappa shape index (κ3) is 2.94. The van der Waals surface area contributed by atoms with Gasteiger partial charge >= 0.3 is 0 Å². The number of nitrogens with one attached hydrogen (secondary N) is 1. The molecule has 0 bridgehead atoms. The van der Waals surface area contributed by atoms with Crippen LogP contribution >= 0.6 is 0 Å². The predicted octanol–water partition coefficient (Wildman–Crippen LogP) is 4.66. The van der Waals surface area contributed by atoms with Gasteiger partial charge in [0.1, 0.15) is 5.75 Å². The molecule has 4 nitrogen and oxygen atoms in total. The molecule has 1 unspecified atom stereocenters. The molecule has 1 N–H and O–H groups in total. The Hall–Kier alpha value is -2.85. The van der Waals surface area contributed by atoms with Gasteiger partial charge in [0, 0.05) is 46.4 Å². The van der Waals surface area contributed by atoms with Gasteiger partial charge in [0.15, 0.2) is 5.78 Å². The zero-order chi connectivity index (χ0) is 19.1. The van der Waals surface area contributed by atoms with E-state index in [0.29, 0.717) is 22.9 Å². The maximum atomic E-state index is 13.0. The van der Waals surface area contributed by atoms with Crippen LogP contribution in [0.2, 0.25) is 0 Å². The molecule has 0 spiro atoms. The van der Waals surface area contributed by atoms with Gasteiger partial charge in [-0.05, 0) is 61.7 Å². The Morgan fingerprint density at radius 1 is 1.18 bits per heavy atom. The van der Waals surface area contributed by atoms with E-state index in [-0.39, 0.29) is 5.78 Å². The Bertz CT molecular complexity index is 1080. The second kappa shape index (κ2) is 6.95. The van der Waals surface area contributed by atoms with Crippen LogP contribution in [0.15, 0.2) is 54.7 Å². The summed E-state index contributed by atoms with van der Waals surface area (Å²) in [5.74, 6) is 0.718. The fourth-order valence-electron chi connectivity index (χ4n) is 4.61. The predicted molar refractivity (Wildman–Crippen MR) is 112 cm³/mol. The molecule has 1 fully saturated rings. The van der Waals surface area contributed by atoms with Gasteiger partial charge in [0.25, 0.3) is 0 Å². The molecule has 3 heterocycles. The topological polar surface area (TPSA) is 45.3 Å². The van der Waals surface area contributed by atoms with Crippen LogP contribution in [0.3, 0.4) is 0 Å². The van der Waals surface area contributed by atoms with Crippen LogP contribution in [0.4, 0.5) is 0 Å². The second-order valence-corrected chi connectivity index (χ2v) is 7.75. The van der Waals surface area contributed by atoms with Gasteiger partial charge in [-0.25, -0.2) is 0 Å². The molecular weight excluding hydrogens is 348 g/mol. The molecule has 28 heavy (non-hydrogen) atoms. The summed E-state index contributed by atoms with van der Waals surface area (Å²) < 4.78 is 5.26. The van der Waals surface area contributed by atoms with Crippen molar-refractivity contribution in [2.75, 3.05) is 20.2 Å². The Labute approximate surface area is 164 Å². The molecule has 0 radical (unpaired) electrons. The van der Waals surface area contributed by atoms with Gasteiger partial charge in [-0.1, -0.05) is 18.2 Å². The number of rotatable bonds is 4. The monoisotopic (exact) mass is 372 g/mol. The van der Waals surface area contributed by atoms with E-state index in [2.05, 4.69) is 22.2 Å². The van der Waals surface area contributed by atoms with Crippen LogP contribution in [0, 0.1) is 0 Å². The number of benzene rings is 2. The van der Waals surface area contributed by atoms with E-state index >= 15 is 0 Å². The average molecular weight is 372 g/mol. The Morgan fingerprint density at radius 2 is 2.07 bits per heavy atom.